The van der Waals surface area contributed by atoms with Gasteiger partial charge in [-0.3, -0.25) is 0 Å². The molecule has 2 aromatic rings. The lowest BCUT2D eigenvalue weighted by atomic mass is 10.1. The van der Waals surface area contributed by atoms with Gasteiger partial charge in [0, 0.05) is 13.5 Å². The third-order valence-electron chi connectivity index (χ3n) is 2.27. The molecule has 0 fully saturated rings. The number of anilines is 1. The fraction of sp³-hybridized carbons (Fsp3) is 0.250. The Morgan fingerprint density at radius 2 is 2.00 bits per heavy atom. The van der Waals surface area contributed by atoms with Crippen molar-refractivity contribution in [3.05, 3.63) is 47.3 Å². The van der Waals surface area contributed by atoms with Gasteiger partial charge in [0.25, 0.3) is 6.01 Å². The molecule has 0 saturated carbocycles. The summed E-state index contributed by atoms with van der Waals surface area (Å²) < 4.78 is 5.19. The van der Waals surface area contributed by atoms with Gasteiger partial charge in [-0.2, -0.15) is 4.98 Å². The Morgan fingerprint density at radius 3 is 2.60 bits per heavy atom. The molecule has 78 valence electrons. The monoisotopic (exact) mass is 202 g/mol. The van der Waals surface area contributed by atoms with Gasteiger partial charge in [0.15, 0.2) is 0 Å². The highest BCUT2D eigenvalue weighted by Gasteiger charge is 2.02. The van der Waals surface area contributed by atoms with Gasteiger partial charge >= 0.3 is 0 Å². The van der Waals surface area contributed by atoms with Gasteiger partial charge in [-0.05, 0) is 12.5 Å². The van der Waals surface area contributed by atoms with Crippen LogP contribution in [0, 0.1) is 6.92 Å². The molecule has 0 atom stereocenters. The maximum atomic E-state index is 5.19. The summed E-state index contributed by atoms with van der Waals surface area (Å²) in [4.78, 5) is 4.27. The number of aryl methyl sites for hydroxylation is 1. The Bertz CT molecular complexity index is 431. The molecule has 1 heterocycles. The lowest BCUT2D eigenvalue weighted by molar-refractivity contribution is 0.574. The van der Waals surface area contributed by atoms with E-state index < -0.39 is 0 Å². The van der Waals surface area contributed by atoms with E-state index in [1.165, 1.54) is 11.1 Å². The highest BCUT2D eigenvalue weighted by Crippen LogP contribution is 2.12. The lowest BCUT2D eigenvalue weighted by Crippen LogP contribution is -1.91. The third kappa shape index (κ3) is 2.37. The number of nitrogens with zero attached hydrogens (tertiary/aromatic N) is 1. The zero-order valence-corrected chi connectivity index (χ0v) is 8.95. The number of nitrogens with one attached hydrogen (secondary N) is 1. The van der Waals surface area contributed by atoms with E-state index in [4.69, 9.17) is 4.42 Å². The Hall–Kier alpha value is -1.77. The van der Waals surface area contributed by atoms with Crippen molar-refractivity contribution >= 4 is 6.01 Å². The number of aromatic nitrogens is 1. The standard InChI is InChI=1S/C12H14N2O/c1-9-3-5-10(6-4-9)7-11-8-15-12(13-2)14-11/h3-6,8H,7H2,1-2H3,(H,13,14). The molecule has 1 N–H and O–H groups in total. The predicted molar refractivity (Wildman–Crippen MR) is 60.0 cm³/mol. The summed E-state index contributed by atoms with van der Waals surface area (Å²) in [6, 6.07) is 9.01. The SMILES string of the molecule is CNc1nc(Cc2ccc(C)cc2)co1. The number of rotatable bonds is 3. The van der Waals surface area contributed by atoms with Crippen molar-refractivity contribution in [3.8, 4) is 0 Å². The van der Waals surface area contributed by atoms with Crippen molar-refractivity contribution in [2.75, 3.05) is 12.4 Å². The molecule has 0 spiro atoms. The van der Waals surface area contributed by atoms with Crippen LogP contribution in [0.4, 0.5) is 6.01 Å². The van der Waals surface area contributed by atoms with E-state index in [2.05, 4.69) is 41.5 Å². The molecule has 15 heavy (non-hydrogen) atoms. The fourth-order valence-corrected chi connectivity index (χ4v) is 1.42. The van der Waals surface area contributed by atoms with Crippen molar-refractivity contribution < 1.29 is 4.42 Å². The van der Waals surface area contributed by atoms with Crippen LogP contribution < -0.4 is 5.32 Å². The Labute approximate surface area is 89.1 Å². The summed E-state index contributed by atoms with van der Waals surface area (Å²) in [5, 5.41) is 2.86. The second kappa shape index (κ2) is 4.17. The second-order valence-corrected chi connectivity index (χ2v) is 3.56. The molecule has 0 aliphatic heterocycles. The van der Waals surface area contributed by atoms with E-state index in [0.29, 0.717) is 6.01 Å². The number of oxazole rings is 1. The minimum absolute atomic E-state index is 0.567. The molecule has 0 radical (unpaired) electrons. The zero-order chi connectivity index (χ0) is 10.7. The molecule has 2 rings (SSSR count). The van der Waals surface area contributed by atoms with Crippen LogP contribution in [-0.4, -0.2) is 12.0 Å². The molecule has 3 nitrogen and oxygen atoms in total. The number of hydrogen-bond donors (Lipinski definition) is 1. The summed E-state index contributed by atoms with van der Waals surface area (Å²) in [5.41, 5.74) is 3.47. The van der Waals surface area contributed by atoms with E-state index in [-0.39, 0.29) is 0 Å². The van der Waals surface area contributed by atoms with Gasteiger partial charge in [0.2, 0.25) is 0 Å². The highest BCUT2D eigenvalue weighted by molar-refractivity contribution is 5.27. The van der Waals surface area contributed by atoms with Crippen molar-refractivity contribution in [2.24, 2.45) is 0 Å². The van der Waals surface area contributed by atoms with Crippen LogP contribution in [0.3, 0.4) is 0 Å². The van der Waals surface area contributed by atoms with Gasteiger partial charge in [0.05, 0.1) is 5.69 Å². The van der Waals surface area contributed by atoms with Gasteiger partial charge in [-0.25, -0.2) is 0 Å². The smallest absolute Gasteiger partial charge is 0.294 e. The Morgan fingerprint density at radius 1 is 1.27 bits per heavy atom. The quantitative estimate of drug-likeness (QED) is 0.831. The van der Waals surface area contributed by atoms with E-state index in [1.807, 2.05) is 0 Å². The van der Waals surface area contributed by atoms with Crippen LogP contribution in [0.2, 0.25) is 0 Å². The van der Waals surface area contributed by atoms with Gasteiger partial charge in [-0.15, -0.1) is 0 Å². The molecule has 0 amide bonds. The van der Waals surface area contributed by atoms with E-state index in [0.717, 1.165) is 12.1 Å². The first-order valence-corrected chi connectivity index (χ1v) is 4.95. The Balaban J connectivity index is 2.11. The first-order chi connectivity index (χ1) is 7.28. The topological polar surface area (TPSA) is 38.1 Å². The van der Waals surface area contributed by atoms with Crippen molar-refractivity contribution in [1.29, 1.82) is 0 Å². The summed E-state index contributed by atoms with van der Waals surface area (Å²) in [5.74, 6) is 0. The highest BCUT2D eigenvalue weighted by atomic mass is 16.4. The predicted octanol–water partition coefficient (Wildman–Crippen LogP) is 2.62. The molecule has 0 aliphatic rings. The van der Waals surface area contributed by atoms with Crippen molar-refractivity contribution in [1.82, 2.24) is 4.98 Å². The van der Waals surface area contributed by atoms with E-state index in [9.17, 15) is 0 Å². The minimum Gasteiger partial charge on any atom is -0.432 e. The number of benzene rings is 1. The average Bonchev–Trinajstić information content (AvgIpc) is 2.69. The van der Waals surface area contributed by atoms with Crippen LogP contribution in [0.25, 0.3) is 0 Å². The van der Waals surface area contributed by atoms with Crippen LogP contribution in [0.15, 0.2) is 34.9 Å². The molecule has 0 unspecified atom stereocenters. The van der Waals surface area contributed by atoms with E-state index in [1.54, 1.807) is 13.3 Å². The third-order valence-corrected chi connectivity index (χ3v) is 2.27. The van der Waals surface area contributed by atoms with Gasteiger partial charge < -0.3 is 9.73 Å². The minimum atomic E-state index is 0.567. The summed E-state index contributed by atoms with van der Waals surface area (Å²) in [7, 11) is 1.79. The maximum absolute atomic E-state index is 5.19. The summed E-state index contributed by atoms with van der Waals surface area (Å²) in [6.45, 7) is 2.08. The van der Waals surface area contributed by atoms with Crippen LogP contribution in [0.5, 0.6) is 0 Å². The first-order valence-electron chi connectivity index (χ1n) is 4.95. The first kappa shape index (κ1) is 9.77. The van der Waals surface area contributed by atoms with Crippen molar-refractivity contribution in [2.45, 2.75) is 13.3 Å². The molecule has 3 heteroatoms. The van der Waals surface area contributed by atoms with Crippen LogP contribution in [0.1, 0.15) is 16.8 Å². The zero-order valence-electron chi connectivity index (χ0n) is 8.95. The molecule has 0 saturated heterocycles. The molecule has 1 aromatic heterocycles. The largest absolute Gasteiger partial charge is 0.432 e. The lowest BCUT2D eigenvalue weighted by Gasteiger charge is -1.97. The summed E-state index contributed by atoms with van der Waals surface area (Å²) in [6.07, 6.45) is 2.50. The maximum Gasteiger partial charge on any atom is 0.294 e. The van der Waals surface area contributed by atoms with Crippen LogP contribution in [-0.2, 0) is 6.42 Å². The van der Waals surface area contributed by atoms with Crippen molar-refractivity contribution in [3.63, 3.8) is 0 Å². The molecular formula is C12H14N2O. The molecule has 0 bridgehead atoms. The molecule has 1 aromatic carbocycles. The average molecular weight is 202 g/mol. The van der Waals surface area contributed by atoms with Gasteiger partial charge in [0.1, 0.15) is 6.26 Å². The summed E-state index contributed by atoms with van der Waals surface area (Å²) >= 11 is 0. The molecule has 0 aliphatic carbocycles. The van der Waals surface area contributed by atoms with Crippen LogP contribution >= 0.6 is 0 Å². The van der Waals surface area contributed by atoms with Gasteiger partial charge in [-0.1, -0.05) is 29.8 Å². The normalized spacial score (nSPS) is 10.3. The molecular weight excluding hydrogens is 188 g/mol. The second-order valence-electron chi connectivity index (χ2n) is 3.56. The Kier molecular flexibility index (Phi) is 2.72. The fourth-order valence-electron chi connectivity index (χ4n) is 1.42. The van der Waals surface area contributed by atoms with E-state index >= 15 is 0 Å². The number of hydrogen-bond acceptors (Lipinski definition) is 3.